The third-order valence-electron chi connectivity index (χ3n) is 2.29. The fraction of sp³-hybridized carbons (Fsp3) is 0.154. The largest absolute Gasteiger partial charge is 0.496 e. The Bertz CT molecular complexity index is 485. The zero-order valence-electron chi connectivity index (χ0n) is 9.39. The summed E-state index contributed by atoms with van der Waals surface area (Å²) in [7, 11) is 1.61. The Morgan fingerprint density at radius 1 is 1.18 bits per heavy atom. The topological polar surface area (TPSA) is 31.4 Å². The zero-order valence-corrected chi connectivity index (χ0v) is 9.39. The first-order chi connectivity index (χ1) is 8.29. The van der Waals surface area contributed by atoms with Gasteiger partial charge in [-0.15, -0.1) is 0 Å². The van der Waals surface area contributed by atoms with Gasteiger partial charge in [0.05, 0.1) is 13.3 Å². The van der Waals surface area contributed by atoms with E-state index in [1.54, 1.807) is 7.11 Å². The van der Waals surface area contributed by atoms with Crippen molar-refractivity contribution in [2.75, 3.05) is 7.11 Å². The van der Waals surface area contributed by atoms with Gasteiger partial charge < -0.3 is 9.47 Å². The molecule has 17 heavy (non-hydrogen) atoms. The number of pyridine rings is 1. The van der Waals surface area contributed by atoms with Crippen LogP contribution in [0.25, 0.3) is 0 Å². The van der Waals surface area contributed by atoms with Crippen LogP contribution in [0.15, 0.2) is 42.6 Å². The quantitative estimate of drug-likeness (QED) is 0.761. The minimum Gasteiger partial charge on any atom is -0.496 e. The molecule has 0 unspecified atom stereocenters. The molecule has 0 aliphatic heterocycles. The molecule has 0 amide bonds. The van der Waals surface area contributed by atoms with Crippen LogP contribution in [0.1, 0.15) is 5.56 Å². The van der Waals surface area contributed by atoms with Crippen LogP contribution < -0.4 is 9.47 Å². The normalized spacial score (nSPS) is 10.0. The van der Waals surface area contributed by atoms with Crippen molar-refractivity contribution in [3.05, 3.63) is 54.1 Å². The summed E-state index contributed by atoms with van der Waals surface area (Å²) in [6.45, 7) is 0.358. The number of hydrogen-bond acceptors (Lipinski definition) is 3. The monoisotopic (exact) mass is 233 g/mol. The molecule has 0 atom stereocenters. The lowest BCUT2D eigenvalue weighted by Crippen LogP contribution is -1.98. The Kier molecular flexibility index (Phi) is 3.55. The van der Waals surface area contributed by atoms with E-state index in [1.807, 2.05) is 24.3 Å². The lowest BCUT2D eigenvalue weighted by molar-refractivity contribution is 0.294. The van der Waals surface area contributed by atoms with Crippen molar-refractivity contribution < 1.29 is 13.9 Å². The van der Waals surface area contributed by atoms with E-state index in [2.05, 4.69) is 4.98 Å². The maximum atomic E-state index is 12.6. The van der Waals surface area contributed by atoms with Crippen molar-refractivity contribution >= 4 is 0 Å². The van der Waals surface area contributed by atoms with E-state index in [0.717, 1.165) is 11.3 Å². The second-order valence-corrected chi connectivity index (χ2v) is 3.42. The van der Waals surface area contributed by atoms with Gasteiger partial charge in [0.25, 0.3) is 0 Å². The van der Waals surface area contributed by atoms with Gasteiger partial charge in [-0.1, -0.05) is 18.2 Å². The second kappa shape index (κ2) is 5.30. The first-order valence-corrected chi connectivity index (χ1v) is 5.16. The van der Waals surface area contributed by atoms with Crippen molar-refractivity contribution in [2.24, 2.45) is 0 Å². The van der Waals surface area contributed by atoms with Gasteiger partial charge in [0.15, 0.2) is 0 Å². The SMILES string of the molecule is COc1ccccc1COc1ccc(F)nc1. The Labute approximate surface area is 98.8 Å². The fourth-order valence-electron chi connectivity index (χ4n) is 1.43. The molecule has 1 heterocycles. The lowest BCUT2D eigenvalue weighted by Gasteiger charge is -2.09. The van der Waals surface area contributed by atoms with Crippen LogP contribution >= 0.6 is 0 Å². The molecule has 0 radical (unpaired) electrons. The number of benzene rings is 1. The Hall–Kier alpha value is -2.10. The molecule has 2 rings (SSSR count). The number of nitrogens with zero attached hydrogens (tertiary/aromatic N) is 1. The zero-order chi connectivity index (χ0) is 12.1. The predicted octanol–water partition coefficient (Wildman–Crippen LogP) is 2.81. The van der Waals surface area contributed by atoms with E-state index >= 15 is 0 Å². The van der Waals surface area contributed by atoms with Crippen molar-refractivity contribution in [2.45, 2.75) is 6.61 Å². The Balaban J connectivity index is 2.04. The second-order valence-electron chi connectivity index (χ2n) is 3.42. The number of ether oxygens (including phenoxy) is 2. The molecule has 0 saturated heterocycles. The third-order valence-corrected chi connectivity index (χ3v) is 2.29. The first kappa shape index (κ1) is 11.4. The molecule has 0 aliphatic rings. The average molecular weight is 233 g/mol. The maximum absolute atomic E-state index is 12.6. The Morgan fingerprint density at radius 3 is 2.71 bits per heavy atom. The molecule has 0 N–H and O–H groups in total. The minimum absolute atomic E-state index is 0.358. The summed E-state index contributed by atoms with van der Waals surface area (Å²) in [5.41, 5.74) is 0.930. The van der Waals surface area contributed by atoms with Gasteiger partial charge in [0, 0.05) is 5.56 Å². The number of para-hydroxylation sites is 1. The van der Waals surface area contributed by atoms with E-state index in [-0.39, 0.29) is 0 Å². The number of hydrogen-bond donors (Lipinski definition) is 0. The molecule has 0 aliphatic carbocycles. The maximum Gasteiger partial charge on any atom is 0.213 e. The van der Waals surface area contributed by atoms with E-state index in [9.17, 15) is 4.39 Å². The molecule has 4 heteroatoms. The van der Waals surface area contributed by atoms with Crippen molar-refractivity contribution in [1.29, 1.82) is 0 Å². The van der Waals surface area contributed by atoms with Gasteiger partial charge in [-0.2, -0.15) is 4.39 Å². The van der Waals surface area contributed by atoms with Crippen LogP contribution in [0, 0.1) is 5.95 Å². The molecule has 0 saturated carbocycles. The highest BCUT2D eigenvalue weighted by molar-refractivity contribution is 5.33. The van der Waals surface area contributed by atoms with E-state index in [4.69, 9.17) is 9.47 Å². The van der Waals surface area contributed by atoms with Gasteiger partial charge >= 0.3 is 0 Å². The summed E-state index contributed by atoms with van der Waals surface area (Å²) in [4.78, 5) is 3.51. The molecule has 0 spiro atoms. The van der Waals surface area contributed by atoms with Crippen molar-refractivity contribution in [3.8, 4) is 11.5 Å². The number of methoxy groups -OCH3 is 1. The standard InChI is InChI=1S/C13H12FNO2/c1-16-12-5-3-2-4-10(12)9-17-11-6-7-13(14)15-8-11/h2-8H,9H2,1H3. The van der Waals surface area contributed by atoms with Crippen LogP contribution in [0.3, 0.4) is 0 Å². The van der Waals surface area contributed by atoms with Crippen molar-refractivity contribution in [1.82, 2.24) is 4.98 Å². The van der Waals surface area contributed by atoms with Gasteiger partial charge in [0.1, 0.15) is 18.1 Å². The number of rotatable bonds is 4. The van der Waals surface area contributed by atoms with Crippen LogP contribution in [0.4, 0.5) is 4.39 Å². The van der Waals surface area contributed by atoms with Crippen LogP contribution in [0.2, 0.25) is 0 Å². The summed E-state index contributed by atoms with van der Waals surface area (Å²) in [6, 6.07) is 10.4. The molecule has 0 bridgehead atoms. The lowest BCUT2D eigenvalue weighted by atomic mass is 10.2. The van der Waals surface area contributed by atoms with Gasteiger partial charge in [-0.05, 0) is 18.2 Å². The fourth-order valence-corrected chi connectivity index (χ4v) is 1.43. The van der Waals surface area contributed by atoms with Crippen LogP contribution in [-0.2, 0) is 6.61 Å². The van der Waals surface area contributed by atoms with Crippen molar-refractivity contribution in [3.63, 3.8) is 0 Å². The third kappa shape index (κ3) is 2.93. The molecule has 2 aromatic rings. The molecular formula is C13H12FNO2. The summed E-state index contributed by atoms with van der Waals surface area (Å²) in [5, 5.41) is 0. The minimum atomic E-state index is -0.519. The van der Waals surface area contributed by atoms with Crippen LogP contribution in [-0.4, -0.2) is 12.1 Å². The number of aromatic nitrogens is 1. The summed E-state index contributed by atoms with van der Waals surface area (Å²) >= 11 is 0. The molecule has 3 nitrogen and oxygen atoms in total. The molecule has 0 fully saturated rings. The predicted molar refractivity (Wildman–Crippen MR) is 61.5 cm³/mol. The average Bonchev–Trinajstić information content (AvgIpc) is 2.38. The van der Waals surface area contributed by atoms with Crippen LogP contribution in [0.5, 0.6) is 11.5 Å². The highest BCUT2D eigenvalue weighted by Gasteiger charge is 2.02. The molecule has 1 aromatic heterocycles. The molecule has 1 aromatic carbocycles. The van der Waals surface area contributed by atoms with E-state index < -0.39 is 5.95 Å². The molecule has 88 valence electrons. The first-order valence-electron chi connectivity index (χ1n) is 5.16. The summed E-state index contributed by atoms with van der Waals surface area (Å²) < 4.78 is 23.3. The highest BCUT2D eigenvalue weighted by atomic mass is 19.1. The number of halogens is 1. The smallest absolute Gasteiger partial charge is 0.213 e. The Morgan fingerprint density at radius 2 is 2.00 bits per heavy atom. The summed E-state index contributed by atoms with van der Waals surface area (Å²) in [6.07, 6.45) is 1.35. The highest BCUT2D eigenvalue weighted by Crippen LogP contribution is 2.19. The van der Waals surface area contributed by atoms with Gasteiger partial charge in [-0.25, -0.2) is 4.98 Å². The van der Waals surface area contributed by atoms with Gasteiger partial charge in [0.2, 0.25) is 5.95 Å². The molecular weight excluding hydrogens is 221 g/mol. The summed E-state index contributed by atoms with van der Waals surface area (Å²) in [5.74, 6) is 0.773. The van der Waals surface area contributed by atoms with E-state index in [1.165, 1.54) is 18.3 Å². The van der Waals surface area contributed by atoms with E-state index in [0.29, 0.717) is 12.4 Å². The van der Waals surface area contributed by atoms with Gasteiger partial charge in [-0.3, -0.25) is 0 Å².